The molecule has 0 aliphatic carbocycles. The second-order valence-electron chi connectivity index (χ2n) is 8.44. The maximum Gasteiger partial charge on any atom is 0.394 e. The number of carbonyl (C=O) groups is 1. The number of thiophene rings is 2. The van der Waals surface area contributed by atoms with Crippen molar-refractivity contribution in [3.8, 4) is 0 Å². The number of aliphatic hydroxyl groups is 1. The zero-order valence-electron chi connectivity index (χ0n) is 17.2. The van der Waals surface area contributed by atoms with E-state index in [1.807, 2.05) is 22.9 Å². The molecule has 0 aromatic carbocycles. The molecule has 5 atom stereocenters. The summed E-state index contributed by atoms with van der Waals surface area (Å²) in [4.78, 5) is 14.3. The molecule has 0 saturated carbocycles. The molecule has 3 saturated heterocycles. The highest BCUT2D eigenvalue weighted by atomic mass is 79.9. The first-order valence-electron chi connectivity index (χ1n) is 9.62. The smallest absolute Gasteiger partial charge is 0.394 e. The fourth-order valence-electron chi connectivity index (χ4n) is 4.83. The van der Waals surface area contributed by atoms with E-state index >= 15 is 0 Å². The van der Waals surface area contributed by atoms with Gasteiger partial charge < -0.3 is 19.1 Å². The van der Waals surface area contributed by atoms with Crippen molar-refractivity contribution >= 4 is 56.0 Å². The van der Waals surface area contributed by atoms with E-state index in [9.17, 15) is 9.90 Å². The van der Waals surface area contributed by atoms with E-state index in [-0.39, 0.29) is 23.1 Å². The molecule has 32 heavy (non-hydrogen) atoms. The van der Waals surface area contributed by atoms with Crippen LogP contribution >= 0.6 is 39.7 Å². The van der Waals surface area contributed by atoms with E-state index in [0.29, 0.717) is 34.0 Å². The van der Waals surface area contributed by atoms with E-state index in [0.717, 1.165) is 17.3 Å². The van der Waals surface area contributed by atoms with Crippen LogP contribution in [0.1, 0.15) is 22.6 Å². The van der Waals surface area contributed by atoms with Crippen molar-refractivity contribution in [3.63, 3.8) is 0 Å². The number of hydrogen-bond acceptors (Lipinski definition) is 8. The van der Waals surface area contributed by atoms with Crippen LogP contribution in [0.15, 0.2) is 35.0 Å². The zero-order chi connectivity index (χ0) is 22.6. The quantitative estimate of drug-likeness (QED) is 0.220. The number of ether oxygens (including phenoxy) is 2. The van der Waals surface area contributed by atoms with E-state index in [1.54, 1.807) is 12.1 Å². The Morgan fingerprint density at radius 3 is 1.91 bits per heavy atom. The van der Waals surface area contributed by atoms with Crippen molar-refractivity contribution in [3.05, 3.63) is 44.8 Å². The molecule has 178 valence electrons. The number of nitrogens with zero attached hydrogens (tertiary/aromatic N) is 1. The minimum atomic E-state index is -4.67. The van der Waals surface area contributed by atoms with Gasteiger partial charge in [-0.2, -0.15) is 8.42 Å². The van der Waals surface area contributed by atoms with Crippen LogP contribution in [0.4, 0.5) is 0 Å². The molecule has 0 unspecified atom stereocenters. The molecule has 2 aromatic rings. The lowest BCUT2D eigenvalue weighted by Gasteiger charge is -2.45. The number of epoxide rings is 1. The number of carbonyl (C=O) groups excluding carboxylic acids is 1. The summed E-state index contributed by atoms with van der Waals surface area (Å²) in [6.07, 6.45) is 2.05. The Morgan fingerprint density at radius 2 is 1.53 bits per heavy atom. The van der Waals surface area contributed by atoms with Crippen molar-refractivity contribution < 1.29 is 41.4 Å². The Labute approximate surface area is 204 Å². The van der Waals surface area contributed by atoms with E-state index in [4.69, 9.17) is 27.0 Å². The molecular weight excluding hydrogens is 546 g/mol. The molecule has 2 aromatic heterocycles. The van der Waals surface area contributed by atoms with Gasteiger partial charge in [0.15, 0.2) is 0 Å². The van der Waals surface area contributed by atoms with Gasteiger partial charge in [-0.15, -0.1) is 39.7 Å². The monoisotopic (exact) mass is 570 g/mol. The van der Waals surface area contributed by atoms with Gasteiger partial charge in [-0.1, -0.05) is 12.1 Å². The minimum absolute atomic E-state index is 0. The van der Waals surface area contributed by atoms with Crippen LogP contribution in [0.3, 0.4) is 0 Å². The van der Waals surface area contributed by atoms with Crippen molar-refractivity contribution in [2.24, 2.45) is 0 Å². The number of likely N-dealkylation sites (N-methyl/N-ethyl adjacent to an activating group) is 1. The standard InChI is InChI=1S/C19H22NO4S2.BrH.H2O4S/c1-20(2)12-9-11(10-13(20)17-16(12)24-17)23-18(21)19(22,14-5-3-7-25-14)15-6-4-8-26-15;;1-5(2,3)4/h3-8,11-13,16-17,22H,9-10H2,1-2H3;1H;(H2,1,2,3,4)/q+1;;/t11-,12-,13+,16+,17-;;. The molecule has 3 fully saturated rings. The van der Waals surface area contributed by atoms with Crippen molar-refractivity contribution in [2.75, 3.05) is 14.1 Å². The lowest BCUT2D eigenvalue weighted by molar-refractivity contribution is -0.938. The first kappa shape index (κ1) is 25.7. The lowest BCUT2D eigenvalue weighted by Crippen LogP contribution is -2.60. The fourth-order valence-corrected chi connectivity index (χ4v) is 6.54. The van der Waals surface area contributed by atoms with Crippen molar-refractivity contribution in [1.29, 1.82) is 0 Å². The summed E-state index contributed by atoms with van der Waals surface area (Å²) >= 11 is 2.74. The van der Waals surface area contributed by atoms with Gasteiger partial charge in [0.2, 0.25) is 5.60 Å². The number of hydrogen-bond donors (Lipinski definition) is 3. The highest BCUT2D eigenvalue weighted by molar-refractivity contribution is 8.93. The molecule has 13 heteroatoms. The second-order valence-corrected chi connectivity index (χ2v) is 11.2. The summed E-state index contributed by atoms with van der Waals surface area (Å²) in [7, 11) is -0.174. The van der Waals surface area contributed by atoms with E-state index in [2.05, 4.69) is 14.1 Å². The average Bonchev–Trinajstić information content (AvgIpc) is 3.01. The number of quaternary nitrogens is 1. The highest BCUT2D eigenvalue weighted by Crippen LogP contribution is 2.52. The predicted octanol–water partition coefficient (Wildman–Crippen LogP) is 2.27. The third-order valence-electron chi connectivity index (χ3n) is 6.36. The Balaban J connectivity index is 0.000000438. The Bertz CT molecular complexity index is 979. The van der Waals surface area contributed by atoms with Crippen LogP contribution in [-0.4, -0.2) is 77.6 Å². The second kappa shape index (κ2) is 9.04. The number of rotatable bonds is 4. The molecule has 5 rings (SSSR count). The third-order valence-corrected chi connectivity index (χ3v) is 8.32. The first-order valence-corrected chi connectivity index (χ1v) is 12.8. The van der Waals surface area contributed by atoms with Crippen LogP contribution in [0, 0.1) is 0 Å². The Morgan fingerprint density at radius 1 is 1.09 bits per heavy atom. The molecule has 0 amide bonds. The maximum absolute atomic E-state index is 13.1. The molecule has 2 bridgehead atoms. The molecule has 3 aliphatic heterocycles. The van der Waals surface area contributed by atoms with Crippen LogP contribution in [0.25, 0.3) is 0 Å². The summed E-state index contributed by atoms with van der Waals surface area (Å²) in [5.74, 6) is -0.561. The number of esters is 1. The third kappa shape index (κ3) is 4.81. The Hall–Kier alpha value is -0.900. The maximum atomic E-state index is 13.1. The molecule has 9 nitrogen and oxygen atoms in total. The topological polar surface area (TPSA) is 134 Å². The molecule has 0 radical (unpaired) electrons. The summed E-state index contributed by atoms with van der Waals surface area (Å²) in [5.41, 5.74) is -1.72. The average molecular weight is 572 g/mol. The van der Waals surface area contributed by atoms with Gasteiger partial charge in [0.1, 0.15) is 30.4 Å². The van der Waals surface area contributed by atoms with Crippen LogP contribution < -0.4 is 0 Å². The number of halogens is 1. The summed E-state index contributed by atoms with van der Waals surface area (Å²) in [6.45, 7) is 0. The Kier molecular flexibility index (Phi) is 7.27. The van der Waals surface area contributed by atoms with E-state index < -0.39 is 22.0 Å². The van der Waals surface area contributed by atoms with Gasteiger partial charge in [0.25, 0.3) is 0 Å². The number of morpholine rings is 1. The minimum Gasteiger partial charge on any atom is -0.459 e. The van der Waals surface area contributed by atoms with Crippen LogP contribution in [-0.2, 0) is 30.3 Å². The fraction of sp³-hybridized carbons (Fsp3) is 0.526. The molecule has 5 heterocycles. The zero-order valence-corrected chi connectivity index (χ0v) is 21.4. The summed E-state index contributed by atoms with van der Waals surface area (Å²) < 4.78 is 44.2. The van der Waals surface area contributed by atoms with Crippen molar-refractivity contribution in [1.82, 2.24) is 0 Å². The molecule has 0 spiro atoms. The van der Waals surface area contributed by atoms with Gasteiger partial charge in [-0.05, 0) is 22.9 Å². The van der Waals surface area contributed by atoms with Gasteiger partial charge in [-0.3, -0.25) is 9.11 Å². The molecular formula is C19H25BrNO8S3+. The van der Waals surface area contributed by atoms with Gasteiger partial charge in [0.05, 0.1) is 23.8 Å². The van der Waals surface area contributed by atoms with Gasteiger partial charge in [0, 0.05) is 12.8 Å². The largest absolute Gasteiger partial charge is 0.459 e. The molecule has 3 aliphatic rings. The number of fused-ring (bicyclic) bond motifs is 5. The van der Waals surface area contributed by atoms with Gasteiger partial charge >= 0.3 is 16.4 Å². The van der Waals surface area contributed by atoms with Gasteiger partial charge in [-0.25, -0.2) is 4.79 Å². The van der Waals surface area contributed by atoms with E-state index in [1.165, 1.54) is 22.7 Å². The summed E-state index contributed by atoms with van der Waals surface area (Å²) in [6, 6.07) is 8.01. The van der Waals surface area contributed by atoms with Crippen LogP contribution in [0.5, 0.6) is 0 Å². The molecule has 3 N–H and O–H groups in total. The van der Waals surface area contributed by atoms with Crippen molar-refractivity contribution in [2.45, 2.75) is 48.8 Å². The summed E-state index contributed by atoms with van der Waals surface area (Å²) in [5, 5.41) is 15.1. The SMILES string of the molecule is Br.C[N+]1(C)[C@@H]2C[C@@H](OC(=O)C(O)(c3cccs3)c3cccs3)C[C@H]1[C@H]1O[C@H]12.O=S(=O)(O)O. The normalized spacial score (nSPS) is 29.7. The van der Waals surface area contributed by atoms with Crippen LogP contribution in [0.2, 0.25) is 0 Å². The lowest BCUT2D eigenvalue weighted by atomic mass is 9.95. The first-order chi connectivity index (χ1) is 14.4. The number of piperidine rings is 1. The highest BCUT2D eigenvalue weighted by Gasteiger charge is 2.71. The predicted molar refractivity (Wildman–Crippen MR) is 124 cm³/mol.